The SMILES string of the molecule is CSc1ccc(C(N)C(=O)NN(C)C)cc1. The summed E-state index contributed by atoms with van der Waals surface area (Å²) in [4.78, 5) is 12.8. The maximum absolute atomic E-state index is 11.6. The second kappa shape index (κ2) is 5.89. The van der Waals surface area contributed by atoms with Crippen molar-refractivity contribution in [2.24, 2.45) is 5.73 Å². The number of thioether (sulfide) groups is 1. The van der Waals surface area contributed by atoms with Crippen molar-refractivity contribution in [2.45, 2.75) is 10.9 Å². The lowest BCUT2D eigenvalue weighted by atomic mass is 10.1. The number of carbonyl (C=O) groups excluding carboxylic acids is 1. The molecule has 0 saturated heterocycles. The van der Waals surface area contributed by atoms with Gasteiger partial charge in [0.1, 0.15) is 6.04 Å². The predicted molar refractivity (Wildman–Crippen MR) is 67.0 cm³/mol. The molecule has 0 heterocycles. The van der Waals surface area contributed by atoms with Gasteiger partial charge < -0.3 is 5.73 Å². The summed E-state index contributed by atoms with van der Waals surface area (Å²) in [7, 11) is 3.50. The van der Waals surface area contributed by atoms with Crippen molar-refractivity contribution in [3.63, 3.8) is 0 Å². The monoisotopic (exact) mass is 239 g/mol. The fourth-order valence-corrected chi connectivity index (χ4v) is 1.66. The smallest absolute Gasteiger partial charge is 0.255 e. The predicted octanol–water partition coefficient (Wildman–Crippen LogP) is 1.00. The molecule has 5 heteroatoms. The van der Waals surface area contributed by atoms with Gasteiger partial charge in [0.2, 0.25) is 0 Å². The van der Waals surface area contributed by atoms with Crippen molar-refractivity contribution in [1.82, 2.24) is 10.4 Å². The Balaban J connectivity index is 2.72. The van der Waals surface area contributed by atoms with E-state index in [-0.39, 0.29) is 5.91 Å². The first-order chi connectivity index (χ1) is 7.54. The van der Waals surface area contributed by atoms with E-state index in [0.717, 1.165) is 10.5 Å². The highest BCUT2D eigenvalue weighted by atomic mass is 32.2. The lowest BCUT2D eigenvalue weighted by Crippen LogP contribution is -2.41. The normalized spacial score (nSPS) is 12.6. The molecule has 0 aromatic heterocycles. The Hall–Kier alpha value is -1.04. The Morgan fingerprint density at radius 2 is 1.94 bits per heavy atom. The van der Waals surface area contributed by atoms with Crippen LogP contribution < -0.4 is 11.2 Å². The molecule has 0 aliphatic heterocycles. The van der Waals surface area contributed by atoms with Gasteiger partial charge in [-0.15, -0.1) is 11.8 Å². The zero-order valence-corrected chi connectivity index (χ0v) is 10.5. The largest absolute Gasteiger partial charge is 0.316 e. The van der Waals surface area contributed by atoms with Gasteiger partial charge in [-0.2, -0.15) is 0 Å². The number of amides is 1. The van der Waals surface area contributed by atoms with E-state index in [2.05, 4.69) is 5.43 Å². The summed E-state index contributed by atoms with van der Waals surface area (Å²) in [6.45, 7) is 0. The number of hydrogen-bond donors (Lipinski definition) is 2. The van der Waals surface area contributed by atoms with Crippen molar-refractivity contribution < 1.29 is 4.79 Å². The lowest BCUT2D eigenvalue weighted by molar-refractivity contribution is -0.126. The lowest BCUT2D eigenvalue weighted by Gasteiger charge is -2.16. The Bertz CT molecular complexity index is 351. The molecular formula is C11H17N3OS. The van der Waals surface area contributed by atoms with Crippen molar-refractivity contribution in [1.29, 1.82) is 0 Å². The minimum absolute atomic E-state index is 0.207. The first-order valence-corrected chi connectivity index (χ1v) is 6.14. The van der Waals surface area contributed by atoms with Gasteiger partial charge >= 0.3 is 0 Å². The maximum atomic E-state index is 11.6. The number of rotatable bonds is 4. The van der Waals surface area contributed by atoms with Gasteiger partial charge in [0, 0.05) is 19.0 Å². The van der Waals surface area contributed by atoms with E-state index < -0.39 is 6.04 Å². The van der Waals surface area contributed by atoms with E-state index in [9.17, 15) is 4.79 Å². The number of nitrogens with two attached hydrogens (primary N) is 1. The minimum atomic E-state index is -0.627. The highest BCUT2D eigenvalue weighted by Crippen LogP contribution is 2.18. The van der Waals surface area contributed by atoms with Gasteiger partial charge in [-0.25, -0.2) is 5.01 Å². The summed E-state index contributed by atoms with van der Waals surface area (Å²) in [6, 6.07) is 7.06. The molecule has 0 spiro atoms. The van der Waals surface area contributed by atoms with E-state index in [4.69, 9.17) is 5.73 Å². The van der Waals surface area contributed by atoms with E-state index in [1.54, 1.807) is 30.9 Å². The molecule has 1 atom stereocenters. The minimum Gasteiger partial charge on any atom is -0.316 e. The van der Waals surface area contributed by atoms with Crippen molar-refractivity contribution in [3.8, 4) is 0 Å². The highest BCUT2D eigenvalue weighted by molar-refractivity contribution is 7.98. The Morgan fingerprint density at radius 3 is 2.38 bits per heavy atom. The molecule has 0 bridgehead atoms. The fraction of sp³-hybridized carbons (Fsp3) is 0.364. The molecule has 0 fully saturated rings. The van der Waals surface area contributed by atoms with Crippen LogP contribution >= 0.6 is 11.8 Å². The number of hydrogen-bond acceptors (Lipinski definition) is 4. The molecule has 1 aromatic carbocycles. The zero-order chi connectivity index (χ0) is 12.1. The van der Waals surface area contributed by atoms with E-state index in [0.29, 0.717) is 0 Å². The molecule has 1 aromatic rings. The summed E-state index contributed by atoms with van der Waals surface area (Å²) in [5.74, 6) is -0.207. The zero-order valence-electron chi connectivity index (χ0n) is 9.73. The van der Waals surface area contributed by atoms with Gasteiger partial charge in [0.15, 0.2) is 0 Å². The summed E-state index contributed by atoms with van der Waals surface area (Å²) >= 11 is 1.66. The fourth-order valence-electron chi connectivity index (χ4n) is 1.25. The van der Waals surface area contributed by atoms with E-state index in [1.165, 1.54) is 0 Å². The first kappa shape index (κ1) is 13.0. The Labute approximate surface area is 100 Å². The van der Waals surface area contributed by atoms with Crippen LogP contribution in [0.2, 0.25) is 0 Å². The summed E-state index contributed by atoms with van der Waals surface area (Å²) < 4.78 is 0. The Morgan fingerprint density at radius 1 is 1.38 bits per heavy atom. The number of hydrazine groups is 1. The van der Waals surface area contributed by atoms with Gasteiger partial charge in [0.25, 0.3) is 5.91 Å². The molecule has 0 radical (unpaired) electrons. The molecule has 0 aliphatic rings. The molecule has 0 aliphatic carbocycles. The van der Waals surface area contributed by atoms with Gasteiger partial charge in [-0.3, -0.25) is 10.2 Å². The molecule has 1 unspecified atom stereocenters. The van der Waals surface area contributed by atoms with Crippen LogP contribution in [0, 0.1) is 0 Å². The first-order valence-electron chi connectivity index (χ1n) is 4.92. The van der Waals surface area contributed by atoms with Gasteiger partial charge in [-0.05, 0) is 24.0 Å². The summed E-state index contributed by atoms with van der Waals surface area (Å²) in [6.07, 6.45) is 2.01. The van der Waals surface area contributed by atoms with E-state index in [1.807, 2.05) is 30.5 Å². The average molecular weight is 239 g/mol. The molecule has 16 heavy (non-hydrogen) atoms. The maximum Gasteiger partial charge on any atom is 0.255 e. The van der Waals surface area contributed by atoms with Crippen LogP contribution in [0.1, 0.15) is 11.6 Å². The topological polar surface area (TPSA) is 58.4 Å². The molecule has 4 nitrogen and oxygen atoms in total. The van der Waals surface area contributed by atoms with Crippen LogP contribution in [0.5, 0.6) is 0 Å². The Kier molecular flexibility index (Phi) is 4.79. The van der Waals surface area contributed by atoms with Crippen molar-refractivity contribution in [3.05, 3.63) is 29.8 Å². The van der Waals surface area contributed by atoms with Crippen molar-refractivity contribution >= 4 is 17.7 Å². The number of nitrogens with zero attached hydrogens (tertiary/aromatic N) is 1. The number of benzene rings is 1. The molecule has 0 saturated carbocycles. The summed E-state index contributed by atoms with van der Waals surface area (Å²) in [5.41, 5.74) is 9.28. The standard InChI is InChI=1S/C11H17N3OS/c1-14(2)13-11(15)10(12)8-4-6-9(16-3)7-5-8/h4-7,10H,12H2,1-3H3,(H,13,15). The van der Waals surface area contributed by atoms with Gasteiger partial charge in [0.05, 0.1) is 0 Å². The number of nitrogens with one attached hydrogen (secondary N) is 1. The molecular weight excluding hydrogens is 222 g/mol. The second-order valence-electron chi connectivity index (χ2n) is 3.62. The third-order valence-corrected chi connectivity index (χ3v) is 2.83. The molecule has 1 rings (SSSR count). The van der Waals surface area contributed by atoms with Crippen molar-refractivity contribution in [2.75, 3.05) is 20.4 Å². The number of carbonyl (C=O) groups is 1. The second-order valence-corrected chi connectivity index (χ2v) is 4.50. The quantitative estimate of drug-likeness (QED) is 0.608. The van der Waals surface area contributed by atoms with Crippen LogP contribution in [0.4, 0.5) is 0 Å². The third kappa shape index (κ3) is 3.52. The summed E-state index contributed by atoms with van der Waals surface area (Å²) in [5, 5.41) is 1.58. The highest BCUT2D eigenvalue weighted by Gasteiger charge is 2.15. The van der Waals surface area contributed by atoms with Crippen LogP contribution in [-0.2, 0) is 4.79 Å². The van der Waals surface area contributed by atoms with Crippen LogP contribution in [-0.4, -0.2) is 31.3 Å². The van der Waals surface area contributed by atoms with E-state index >= 15 is 0 Å². The average Bonchev–Trinajstić information content (AvgIpc) is 2.27. The van der Waals surface area contributed by atoms with Crippen LogP contribution in [0.3, 0.4) is 0 Å². The van der Waals surface area contributed by atoms with Gasteiger partial charge in [-0.1, -0.05) is 12.1 Å². The van der Waals surface area contributed by atoms with Crippen LogP contribution in [0.15, 0.2) is 29.2 Å². The molecule has 1 amide bonds. The third-order valence-electron chi connectivity index (χ3n) is 2.09. The van der Waals surface area contributed by atoms with Crippen LogP contribution in [0.25, 0.3) is 0 Å². The molecule has 3 N–H and O–H groups in total. The molecule has 88 valence electrons.